The molecule has 0 aliphatic rings. The maximum atomic E-state index is 10.5. The van der Waals surface area contributed by atoms with Crippen molar-refractivity contribution in [2.24, 2.45) is 0 Å². The van der Waals surface area contributed by atoms with Gasteiger partial charge in [0.05, 0.1) is 39.6 Å². The lowest BCUT2D eigenvalue weighted by Crippen LogP contribution is -2.13. The van der Waals surface area contributed by atoms with E-state index in [4.69, 9.17) is 18.9 Å². The number of alkyl halides is 1. The van der Waals surface area contributed by atoms with E-state index in [1.807, 2.05) is 0 Å². The van der Waals surface area contributed by atoms with Crippen LogP contribution < -0.4 is 4.74 Å². The summed E-state index contributed by atoms with van der Waals surface area (Å²) in [7, 11) is 0. The Kier molecular flexibility index (Phi) is 11.4. The number of hydrogen-bond acceptors (Lipinski definition) is 5. The van der Waals surface area contributed by atoms with Gasteiger partial charge in [0.2, 0.25) is 0 Å². The van der Waals surface area contributed by atoms with Gasteiger partial charge in [0.25, 0.3) is 0 Å². The van der Waals surface area contributed by atoms with E-state index in [9.17, 15) is 4.79 Å². The Bertz CT molecular complexity index is 369. The molecule has 0 saturated carbocycles. The van der Waals surface area contributed by atoms with Crippen molar-refractivity contribution in [1.29, 1.82) is 0 Å². The van der Waals surface area contributed by atoms with Crippen molar-refractivity contribution in [2.75, 3.05) is 50.7 Å². The summed E-state index contributed by atoms with van der Waals surface area (Å²) in [6.07, 6.45) is 0.805. The zero-order valence-electron chi connectivity index (χ0n) is 12.0. The second kappa shape index (κ2) is 13.0. The number of ether oxygens (including phenoxy) is 4. The lowest BCUT2D eigenvalue weighted by molar-refractivity contribution is 0.0120. The summed E-state index contributed by atoms with van der Waals surface area (Å²) >= 11 is 2.27. The van der Waals surface area contributed by atoms with Gasteiger partial charge in [-0.25, -0.2) is 0 Å². The number of benzene rings is 1. The number of aldehydes is 1. The molecule has 0 saturated heterocycles. The maximum Gasteiger partial charge on any atom is 0.150 e. The van der Waals surface area contributed by atoms with Crippen LogP contribution in [-0.4, -0.2) is 57.0 Å². The van der Waals surface area contributed by atoms with Gasteiger partial charge in [-0.2, -0.15) is 0 Å². The standard InChI is InChI=1S/C15H21IO5/c16-5-6-18-7-8-19-9-10-20-11-12-21-15-3-1-14(13-17)2-4-15/h1-4,13H,5-12H2. The molecule has 1 aromatic carbocycles. The molecule has 0 fully saturated rings. The third kappa shape index (κ3) is 9.78. The van der Waals surface area contributed by atoms with Gasteiger partial charge in [-0.1, -0.05) is 22.6 Å². The van der Waals surface area contributed by atoms with Crippen molar-refractivity contribution in [3.05, 3.63) is 29.8 Å². The molecule has 0 atom stereocenters. The van der Waals surface area contributed by atoms with Gasteiger partial charge in [0.15, 0.2) is 0 Å². The maximum absolute atomic E-state index is 10.5. The van der Waals surface area contributed by atoms with E-state index in [0.717, 1.165) is 23.1 Å². The van der Waals surface area contributed by atoms with Crippen molar-refractivity contribution in [3.8, 4) is 5.75 Å². The summed E-state index contributed by atoms with van der Waals surface area (Å²) < 4.78 is 22.5. The summed E-state index contributed by atoms with van der Waals surface area (Å²) in [6.45, 7) is 4.07. The lowest BCUT2D eigenvalue weighted by atomic mass is 10.2. The summed E-state index contributed by atoms with van der Waals surface area (Å²) in [5, 5.41) is 0. The molecule has 0 N–H and O–H groups in total. The highest BCUT2D eigenvalue weighted by atomic mass is 127. The van der Waals surface area contributed by atoms with Gasteiger partial charge < -0.3 is 18.9 Å². The lowest BCUT2D eigenvalue weighted by Gasteiger charge is -2.08. The fourth-order valence-electron chi connectivity index (χ4n) is 1.46. The van der Waals surface area contributed by atoms with E-state index in [1.165, 1.54) is 0 Å². The second-order valence-corrected chi connectivity index (χ2v) is 5.14. The molecule has 5 nitrogen and oxygen atoms in total. The first-order valence-electron chi connectivity index (χ1n) is 6.84. The fraction of sp³-hybridized carbons (Fsp3) is 0.533. The van der Waals surface area contributed by atoms with Crippen LogP contribution in [-0.2, 0) is 14.2 Å². The molecule has 0 unspecified atom stereocenters. The van der Waals surface area contributed by atoms with Crippen molar-refractivity contribution in [3.63, 3.8) is 0 Å². The van der Waals surface area contributed by atoms with Crippen molar-refractivity contribution in [1.82, 2.24) is 0 Å². The normalized spacial score (nSPS) is 10.5. The molecule has 1 rings (SSSR count). The summed E-state index contributed by atoms with van der Waals surface area (Å²) in [5.74, 6) is 0.730. The molecule has 0 heterocycles. The fourth-order valence-corrected chi connectivity index (χ4v) is 1.77. The second-order valence-electron chi connectivity index (χ2n) is 4.06. The van der Waals surface area contributed by atoms with Crippen molar-refractivity contribution >= 4 is 28.9 Å². The van der Waals surface area contributed by atoms with Gasteiger partial charge in [0.1, 0.15) is 18.6 Å². The first kappa shape index (κ1) is 18.3. The Balaban J connectivity index is 1.89. The number of hydrogen-bond donors (Lipinski definition) is 0. The van der Waals surface area contributed by atoms with Crippen LogP contribution in [0.4, 0.5) is 0 Å². The molecule has 21 heavy (non-hydrogen) atoms. The quantitative estimate of drug-likeness (QED) is 0.217. The van der Waals surface area contributed by atoms with Crippen LogP contribution in [0, 0.1) is 0 Å². The van der Waals surface area contributed by atoms with Crippen LogP contribution in [0.5, 0.6) is 5.75 Å². The Labute approximate surface area is 139 Å². The van der Waals surface area contributed by atoms with Gasteiger partial charge in [-0.15, -0.1) is 0 Å². The molecule has 118 valence electrons. The first-order chi connectivity index (χ1) is 10.4. The van der Waals surface area contributed by atoms with Crippen LogP contribution in [0.25, 0.3) is 0 Å². The molecule has 0 bridgehead atoms. The highest BCUT2D eigenvalue weighted by Gasteiger charge is 1.95. The van der Waals surface area contributed by atoms with Gasteiger partial charge >= 0.3 is 0 Å². The summed E-state index contributed by atoms with van der Waals surface area (Å²) in [5.41, 5.74) is 0.637. The smallest absolute Gasteiger partial charge is 0.150 e. The Hall–Kier alpha value is -0.700. The zero-order chi connectivity index (χ0) is 15.2. The Morgan fingerprint density at radius 2 is 1.33 bits per heavy atom. The topological polar surface area (TPSA) is 54.0 Å². The number of halogens is 1. The van der Waals surface area contributed by atoms with Gasteiger partial charge in [0, 0.05) is 9.99 Å². The van der Waals surface area contributed by atoms with Crippen LogP contribution in [0.3, 0.4) is 0 Å². The third-order valence-electron chi connectivity index (χ3n) is 2.48. The zero-order valence-corrected chi connectivity index (χ0v) is 14.1. The minimum atomic E-state index is 0.471. The van der Waals surface area contributed by atoms with Gasteiger partial charge in [-0.05, 0) is 24.3 Å². The van der Waals surface area contributed by atoms with Crippen LogP contribution in [0.2, 0.25) is 0 Å². The molecular weight excluding hydrogens is 387 g/mol. The van der Waals surface area contributed by atoms with E-state index in [1.54, 1.807) is 24.3 Å². The molecule has 0 aliphatic heterocycles. The molecule has 0 spiro atoms. The van der Waals surface area contributed by atoms with Crippen molar-refractivity contribution in [2.45, 2.75) is 0 Å². The SMILES string of the molecule is O=Cc1ccc(OCCOCCOCCOCCI)cc1. The van der Waals surface area contributed by atoms with Crippen molar-refractivity contribution < 1.29 is 23.7 Å². The molecule has 0 aromatic heterocycles. The predicted octanol–water partition coefficient (Wildman–Crippen LogP) is 2.36. The van der Waals surface area contributed by atoms with E-state index < -0.39 is 0 Å². The number of carbonyl (C=O) groups is 1. The number of carbonyl (C=O) groups excluding carboxylic acids is 1. The Morgan fingerprint density at radius 3 is 1.86 bits per heavy atom. The molecular formula is C15H21IO5. The predicted molar refractivity (Wildman–Crippen MR) is 88.7 cm³/mol. The minimum Gasteiger partial charge on any atom is -0.491 e. The summed E-state index contributed by atoms with van der Waals surface area (Å²) in [6, 6.07) is 6.97. The van der Waals surface area contributed by atoms with Gasteiger partial charge in [-0.3, -0.25) is 4.79 Å². The first-order valence-corrected chi connectivity index (χ1v) is 8.36. The highest BCUT2D eigenvalue weighted by molar-refractivity contribution is 14.1. The molecule has 0 radical (unpaired) electrons. The van der Waals surface area contributed by atoms with E-state index in [-0.39, 0.29) is 0 Å². The third-order valence-corrected chi connectivity index (χ3v) is 2.92. The largest absolute Gasteiger partial charge is 0.491 e. The van der Waals surface area contributed by atoms with E-state index >= 15 is 0 Å². The average molecular weight is 408 g/mol. The Morgan fingerprint density at radius 1 is 0.810 bits per heavy atom. The van der Waals surface area contributed by atoms with Crippen LogP contribution in [0.1, 0.15) is 10.4 Å². The molecule has 1 aromatic rings. The molecule has 6 heteroatoms. The molecule has 0 amide bonds. The summed E-state index contributed by atoms with van der Waals surface area (Å²) in [4.78, 5) is 10.5. The monoisotopic (exact) mass is 408 g/mol. The number of rotatable bonds is 13. The minimum absolute atomic E-state index is 0.471. The highest BCUT2D eigenvalue weighted by Crippen LogP contribution is 2.10. The van der Waals surface area contributed by atoms with Crippen LogP contribution in [0.15, 0.2) is 24.3 Å². The van der Waals surface area contributed by atoms with E-state index in [0.29, 0.717) is 45.2 Å². The molecule has 0 aliphatic carbocycles. The average Bonchev–Trinajstić information content (AvgIpc) is 2.53. The van der Waals surface area contributed by atoms with E-state index in [2.05, 4.69) is 22.6 Å². The van der Waals surface area contributed by atoms with Crippen LogP contribution >= 0.6 is 22.6 Å².